The smallest absolute Gasteiger partial charge is 0.249 e. The summed E-state index contributed by atoms with van der Waals surface area (Å²) in [4.78, 5) is 9.19. The Morgan fingerprint density at radius 2 is 1.82 bits per heavy atom. The Morgan fingerprint density at radius 1 is 0.964 bits per heavy atom. The van der Waals surface area contributed by atoms with Crippen molar-refractivity contribution in [2.45, 2.75) is 31.8 Å². The first-order chi connectivity index (χ1) is 13.8. The molecular weight excluding hydrogens is 350 g/mol. The van der Waals surface area contributed by atoms with Crippen molar-refractivity contribution < 1.29 is 4.42 Å². The average Bonchev–Trinajstić information content (AvgIpc) is 3.23. The SMILES string of the molecule is c1cncc(-c2nnc(CN3CCN(C4CCc5ccccc5C4)CC3)o2)c1. The third-order valence-electron chi connectivity index (χ3n) is 5.98. The fourth-order valence-corrected chi connectivity index (χ4v) is 4.39. The molecule has 1 atom stereocenters. The van der Waals surface area contributed by atoms with Crippen LogP contribution in [0.15, 0.2) is 53.2 Å². The summed E-state index contributed by atoms with van der Waals surface area (Å²) < 4.78 is 5.84. The Kier molecular flexibility index (Phi) is 4.89. The van der Waals surface area contributed by atoms with E-state index in [4.69, 9.17) is 4.42 Å². The number of benzene rings is 1. The number of nitrogens with zero attached hydrogens (tertiary/aromatic N) is 5. The minimum absolute atomic E-state index is 0.544. The average molecular weight is 375 g/mol. The second-order valence-corrected chi connectivity index (χ2v) is 7.72. The lowest BCUT2D eigenvalue weighted by molar-refractivity contribution is 0.0809. The van der Waals surface area contributed by atoms with E-state index in [2.05, 4.69) is 49.2 Å². The van der Waals surface area contributed by atoms with Crippen LogP contribution in [0, 0.1) is 0 Å². The fraction of sp³-hybridized carbons (Fsp3) is 0.409. The number of pyridine rings is 1. The van der Waals surface area contributed by atoms with Gasteiger partial charge in [-0.15, -0.1) is 10.2 Å². The molecule has 0 saturated carbocycles. The Hall–Kier alpha value is -2.57. The number of hydrogen-bond donors (Lipinski definition) is 0. The maximum atomic E-state index is 5.84. The topological polar surface area (TPSA) is 58.3 Å². The molecule has 3 aromatic rings. The van der Waals surface area contributed by atoms with E-state index >= 15 is 0 Å². The summed E-state index contributed by atoms with van der Waals surface area (Å²) in [6, 6.07) is 13.4. The second-order valence-electron chi connectivity index (χ2n) is 7.72. The largest absolute Gasteiger partial charge is 0.419 e. The van der Waals surface area contributed by atoms with Gasteiger partial charge in [-0.1, -0.05) is 24.3 Å². The van der Waals surface area contributed by atoms with Crippen LogP contribution in [0.5, 0.6) is 0 Å². The minimum Gasteiger partial charge on any atom is -0.419 e. The summed E-state index contributed by atoms with van der Waals surface area (Å²) in [6.45, 7) is 5.02. The molecule has 1 aliphatic carbocycles. The Balaban J connectivity index is 1.16. The van der Waals surface area contributed by atoms with Crippen LogP contribution >= 0.6 is 0 Å². The summed E-state index contributed by atoms with van der Waals surface area (Å²) in [5, 5.41) is 8.39. The lowest BCUT2D eigenvalue weighted by atomic mass is 9.87. The molecule has 6 nitrogen and oxygen atoms in total. The zero-order valence-corrected chi connectivity index (χ0v) is 16.0. The van der Waals surface area contributed by atoms with Crippen molar-refractivity contribution in [2.24, 2.45) is 0 Å². The van der Waals surface area contributed by atoms with Gasteiger partial charge in [-0.25, -0.2) is 0 Å². The summed E-state index contributed by atoms with van der Waals surface area (Å²) in [5.41, 5.74) is 3.94. The fourth-order valence-electron chi connectivity index (χ4n) is 4.39. The first-order valence-corrected chi connectivity index (χ1v) is 10.1. The van der Waals surface area contributed by atoms with Gasteiger partial charge in [-0.3, -0.25) is 14.8 Å². The van der Waals surface area contributed by atoms with Crippen LogP contribution in [0.4, 0.5) is 0 Å². The molecule has 2 aliphatic rings. The molecule has 5 rings (SSSR count). The molecule has 0 spiro atoms. The Labute approximate surface area is 165 Å². The second kappa shape index (κ2) is 7.81. The van der Waals surface area contributed by atoms with Gasteiger partial charge >= 0.3 is 0 Å². The number of aromatic nitrogens is 3. The van der Waals surface area contributed by atoms with Crippen molar-refractivity contribution in [2.75, 3.05) is 26.2 Å². The van der Waals surface area contributed by atoms with E-state index in [9.17, 15) is 0 Å². The van der Waals surface area contributed by atoms with Crippen LogP contribution < -0.4 is 0 Å². The Bertz CT molecular complexity index is 917. The van der Waals surface area contributed by atoms with E-state index in [1.54, 1.807) is 12.4 Å². The number of piperazine rings is 1. The van der Waals surface area contributed by atoms with Gasteiger partial charge in [0.2, 0.25) is 11.8 Å². The van der Waals surface area contributed by atoms with Gasteiger partial charge in [0.05, 0.1) is 12.1 Å². The van der Waals surface area contributed by atoms with Gasteiger partial charge in [0.25, 0.3) is 0 Å². The van der Waals surface area contributed by atoms with Crippen molar-refractivity contribution in [1.82, 2.24) is 25.0 Å². The molecule has 144 valence electrons. The number of fused-ring (bicyclic) bond motifs is 1. The first-order valence-electron chi connectivity index (χ1n) is 10.1. The van der Waals surface area contributed by atoms with Crippen molar-refractivity contribution >= 4 is 0 Å². The van der Waals surface area contributed by atoms with Crippen molar-refractivity contribution in [3.63, 3.8) is 0 Å². The molecular formula is C22H25N5O. The molecule has 1 aromatic carbocycles. The molecule has 2 aromatic heterocycles. The van der Waals surface area contributed by atoms with Crippen LogP contribution in [0.3, 0.4) is 0 Å². The lowest BCUT2D eigenvalue weighted by Gasteiger charge is -2.40. The van der Waals surface area contributed by atoms with E-state index in [1.165, 1.54) is 30.4 Å². The van der Waals surface area contributed by atoms with Gasteiger partial charge in [0, 0.05) is 44.6 Å². The number of rotatable bonds is 4. The third-order valence-corrected chi connectivity index (χ3v) is 5.98. The minimum atomic E-state index is 0.544. The summed E-state index contributed by atoms with van der Waals surface area (Å²) in [5.74, 6) is 1.22. The highest BCUT2D eigenvalue weighted by Gasteiger charge is 2.27. The summed E-state index contributed by atoms with van der Waals surface area (Å²) in [6.07, 6.45) is 7.16. The highest BCUT2D eigenvalue weighted by molar-refractivity contribution is 5.49. The van der Waals surface area contributed by atoms with E-state index in [1.807, 2.05) is 12.1 Å². The standard InChI is InChI=1S/C22H25N5O/c1-2-5-18-14-20(8-7-17(18)4-1)27-12-10-26(11-13-27)16-21-24-25-22(28-21)19-6-3-9-23-15-19/h1-6,9,15,20H,7-8,10-14,16H2. The van der Waals surface area contributed by atoms with Crippen molar-refractivity contribution in [1.29, 1.82) is 0 Å². The van der Waals surface area contributed by atoms with Gasteiger partial charge < -0.3 is 4.42 Å². The monoisotopic (exact) mass is 375 g/mol. The molecule has 0 radical (unpaired) electrons. The molecule has 6 heteroatoms. The van der Waals surface area contributed by atoms with Gasteiger partial charge in [0.1, 0.15) is 0 Å². The van der Waals surface area contributed by atoms with Gasteiger partial charge in [-0.05, 0) is 42.5 Å². The molecule has 0 N–H and O–H groups in total. The highest BCUT2D eigenvalue weighted by Crippen LogP contribution is 2.25. The van der Waals surface area contributed by atoms with Crippen LogP contribution in [-0.2, 0) is 19.4 Å². The maximum Gasteiger partial charge on any atom is 0.249 e. The molecule has 1 saturated heterocycles. The van der Waals surface area contributed by atoms with Crippen LogP contribution in [0.1, 0.15) is 23.4 Å². The van der Waals surface area contributed by atoms with Crippen LogP contribution in [0.2, 0.25) is 0 Å². The quantitative estimate of drug-likeness (QED) is 0.699. The molecule has 1 fully saturated rings. The zero-order valence-electron chi connectivity index (χ0n) is 16.0. The predicted octanol–water partition coefficient (Wildman–Crippen LogP) is 2.81. The van der Waals surface area contributed by atoms with E-state index in [0.29, 0.717) is 24.4 Å². The summed E-state index contributed by atoms with van der Waals surface area (Å²) >= 11 is 0. The number of hydrogen-bond acceptors (Lipinski definition) is 6. The Morgan fingerprint density at radius 3 is 2.64 bits per heavy atom. The molecule has 0 bridgehead atoms. The normalized spacial score (nSPS) is 20.8. The van der Waals surface area contributed by atoms with Crippen LogP contribution in [-0.4, -0.2) is 57.2 Å². The van der Waals surface area contributed by atoms with Crippen molar-refractivity contribution in [3.8, 4) is 11.5 Å². The van der Waals surface area contributed by atoms with E-state index < -0.39 is 0 Å². The molecule has 1 unspecified atom stereocenters. The van der Waals surface area contributed by atoms with E-state index in [-0.39, 0.29) is 0 Å². The maximum absolute atomic E-state index is 5.84. The van der Waals surface area contributed by atoms with Gasteiger partial charge in [-0.2, -0.15) is 0 Å². The van der Waals surface area contributed by atoms with E-state index in [0.717, 1.165) is 31.7 Å². The number of aryl methyl sites for hydroxylation is 1. The zero-order chi connectivity index (χ0) is 18.8. The third kappa shape index (κ3) is 3.70. The van der Waals surface area contributed by atoms with Crippen LogP contribution in [0.25, 0.3) is 11.5 Å². The van der Waals surface area contributed by atoms with Crippen molar-refractivity contribution in [3.05, 3.63) is 65.8 Å². The summed E-state index contributed by atoms with van der Waals surface area (Å²) in [7, 11) is 0. The first kappa shape index (κ1) is 17.5. The molecule has 28 heavy (non-hydrogen) atoms. The predicted molar refractivity (Wildman–Crippen MR) is 107 cm³/mol. The molecule has 0 amide bonds. The highest BCUT2D eigenvalue weighted by atomic mass is 16.4. The van der Waals surface area contributed by atoms with Gasteiger partial charge in [0.15, 0.2) is 0 Å². The molecule has 3 heterocycles. The lowest BCUT2D eigenvalue weighted by Crippen LogP contribution is -2.51. The molecule has 1 aliphatic heterocycles.